The van der Waals surface area contributed by atoms with Crippen LogP contribution >= 0.6 is 11.6 Å². The summed E-state index contributed by atoms with van der Waals surface area (Å²) in [5.74, 6) is 2.42. The van der Waals surface area contributed by atoms with E-state index in [9.17, 15) is 0 Å². The molecular formula is C15H22ClN3. The molecule has 2 aliphatic rings. The van der Waals surface area contributed by atoms with Gasteiger partial charge in [-0.15, -0.1) is 0 Å². The standard InChI is InChI=1S/C15H22ClN3/c1-3-6-15(7-8-15)9-17-13-10(2)12(16)18-14(19-13)11-4-5-11/h11H,3-9H2,1-2H3,(H,17,18,19). The van der Waals surface area contributed by atoms with Crippen LogP contribution in [0.4, 0.5) is 5.82 Å². The number of rotatable bonds is 6. The average molecular weight is 280 g/mol. The Morgan fingerprint density at radius 2 is 2.05 bits per heavy atom. The molecular weight excluding hydrogens is 258 g/mol. The Hall–Kier alpha value is -0.830. The molecule has 0 unspecified atom stereocenters. The number of aromatic nitrogens is 2. The maximum absolute atomic E-state index is 6.23. The van der Waals surface area contributed by atoms with Crippen LogP contribution in [0.1, 0.15) is 62.8 Å². The molecule has 1 N–H and O–H groups in total. The van der Waals surface area contributed by atoms with Crippen LogP contribution in [0.15, 0.2) is 0 Å². The monoisotopic (exact) mass is 279 g/mol. The van der Waals surface area contributed by atoms with Crippen LogP contribution in [-0.2, 0) is 0 Å². The molecule has 0 saturated heterocycles. The smallest absolute Gasteiger partial charge is 0.137 e. The van der Waals surface area contributed by atoms with Gasteiger partial charge in [0.1, 0.15) is 16.8 Å². The molecule has 1 aromatic rings. The molecule has 3 rings (SSSR count). The fourth-order valence-electron chi connectivity index (χ4n) is 2.70. The van der Waals surface area contributed by atoms with Crippen molar-refractivity contribution in [1.82, 2.24) is 9.97 Å². The van der Waals surface area contributed by atoms with Gasteiger partial charge in [-0.3, -0.25) is 0 Å². The second-order valence-electron chi connectivity index (χ2n) is 6.22. The van der Waals surface area contributed by atoms with Crippen LogP contribution in [0, 0.1) is 12.3 Å². The maximum atomic E-state index is 6.23. The van der Waals surface area contributed by atoms with Crippen LogP contribution in [-0.4, -0.2) is 16.5 Å². The van der Waals surface area contributed by atoms with Gasteiger partial charge in [-0.1, -0.05) is 24.9 Å². The van der Waals surface area contributed by atoms with Gasteiger partial charge in [-0.2, -0.15) is 0 Å². The Morgan fingerprint density at radius 1 is 1.32 bits per heavy atom. The zero-order chi connectivity index (χ0) is 13.5. The summed E-state index contributed by atoms with van der Waals surface area (Å²) in [6.07, 6.45) is 7.69. The largest absolute Gasteiger partial charge is 0.369 e. The predicted molar refractivity (Wildman–Crippen MR) is 78.8 cm³/mol. The van der Waals surface area contributed by atoms with Gasteiger partial charge in [-0.25, -0.2) is 9.97 Å². The van der Waals surface area contributed by atoms with E-state index < -0.39 is 0 Å². The molecule has 0 atom stereocenters. The van der Waals surface area contributed by atoms with Crippen molar-refractivity contribution in [3.05, 3.63) is 16.5 Å². The lowest BCUT2D eigenvalue weighted by Gasteiger charge is -2.17. The topological polar surface area (TPSA) is 37.8 Å². The van der Waals surface area contributed by atoms with Crippen molar-refractivity contribution in [3.63, 3.8) is 0 Å². The van der Waals surface area contributed by atoms with Gasteiger partial charge in [0.15, 0.2) is 0 Å². The molecule has 0 amide bonds. The number of hydrogen-bond donors (Lipinski definition) is 1. The van der Waals surface area contributed by atoms with Crippen molar-refractivity contribution in [2.24, 2.45) is 5.41 Å². The molecule has 3 nitrogen and oxygen atoms in total. The summed E-state index contributed by atoms with van der Waals surface area (Å²) in [7, 11) is 0. The average Bonchev–Trinajstić information content (AvgIpc) is 3.25. The van der Waals surface area contributed by atoms with Gasteiger partial charge in [-0.05, 0) is 44.4 Å². The fraction of sp³-hybridized carbons (Fsp3) is 0.733. The predicted octanol–water partition coefficient (Wildman–Crippen LogP) is 4.31. The van der Waals surface area contributed by atoms with Crippen molar-refractivity contribution >= 4 is 17.4 Å². The number of nitrogens with one attached hydrogen (secondary N) is 1. The normalized spacial score (nSPS) is 20.4. The summed E-state index contributed by atoms with van der Waals surface area (Å²) < 4.78 is 0. The first-order valence-corrected chi connectivity index (χ1v) is 7.79. The molecule has 19 heavy (non-hydrogen) atoms. The summed E-state index contributed by atoms with van der Waals surface area (Å²) in [4.78, 5) is 9.09. The number of halogens is 1. The highest BCUT2D eigenvalue weighted by molar-refractivity contribution is 6.30. The van der Waals surface area contributed by atoms with Gasteiger partial charge >= 0.3 is 0 Å². The summed E-state index contributed by atoms with van der Waals surface area (Å²) in [5.41, 5.74) is 1.51. The third-order valence-electron chi connectivity index (χ3n) is 4.41. The van der Waals surface area contributed by atoms with Gasteiger partial charge in [0.2, 0.25) is 0 Å². The summed E-state index contributed by atoms with van der Waals surface area (Å²) >= 11 is 6.23. The quantitative estimate of drug-likeness (QED) is 0.789. The van der Waals surface area contributed by atoms with Gasteiger partial charge in [0, 0.05) is 18.0 Å². The molecule has 4 heteroatoms. The van der Waals surface area contributed by atoms with Crippen molar-refractivity contribution < 1.29 is 0 Å². The molecule has 2 fully saturated rings. The molecule has 0 bridgehead atoms. The Morgan fingerprint density at radius 3 is 2.63 bits per heavy atom. The van der Waals surface area contributed by atoms with Crippen molar-refractivity contribution in [2.45, 2.75) is 58.3 Å². The van der Waals surface area contributed by atoms with E-state index in [2.05, 4.69) is 22.2 Å². The SMILES string of the molecule is CCCC1(CNc2nc(C3CC3)nc(Cl)c2C)CC1. The molecule has 0 radical (unpaired) electrons. The van der Waals surface area contributed by atoms with E-state index in [0.717, 1.165) is 23.8 Å². The van der Waals surface area contributed by atoms with E-state index in [4.69, 9.17) is 11.6 Å². The van der Waals surface area contributed by atoms with Gasteiger partial charge in [0.05, 0.1) is 0 Å². The minimum atomic E-state index is 0.526. The Balaban J connectivity index is 1.72. The molecule has 1 aromatic heterocycles. The van der Waals surface area contributed by atoms with E-state index >= 15 is 0 Å². The second kappa shape index (κ2) is 4.93. The molecule has 0 aliphatic heterocycles. The Bertz CT molecular complexity index is 479. The fourth-order valence-corrected chi connectivity index (χ4v) is 2.87. The number of hydrogen-bond acceptors (Lipinski definition) is 3. The van der Waals surface area contributed by atoms with Crippen LogP contribution in [0.5, 0.6) is 0 Å². The minimum absolute atomic E-state index is 0.526. The van der Waals surface area contributed by atoms with Crippen LogP contribution < -0.4 is 5.32 Å². The maximum Gasteiger partial charge on any atom is 0.137 e. The lowest BCUT2D eigenvalue weighted by Crippen LogP contribution is -2.17. The summed E-state index contributed by atoms with van der Waals surface area (Å²) in [6.45, 7) is 5.29. The lowest BCUT2D eigenvalue weighted by atomic mass is 10.0. The first-order valence-electron chi connectivity index (χ1n) is 7.41. The van der Waals surface area contributed by atoms with E-state index in [1.165, 1.54) is 38.5 Å². The van der Waals surface area contributed by atoms with E-state index in [1.807, 2.05) is 6.92 Å². The highest BCUT2D eigenvalue weighted by atomic mass is 35.5. The highest BCUT2D eigenvalue weighted by Crippen LogP contribution is 2.49. The van der Waals surface area contributed by atoms with Crippen molar-refractivity contribution in [3.8, 4) is 0 Å². The third kappa shape index (κ3) is 2.86. The lowest BCUT2D eigenvalue weighted by molar-refractivity contribution is 0.485. The van der Waals surface area contributed by atoms with E-state index in [1.54, 1.807) is 0 Å². The molecule has 2 saturated carbocycles. The highest BCUT2D eigenvalue weighted by Gasteiger charge is 2.41. The van der Waals surface area contributed by atoms with Crippen molar-refractivity contribution in [2.75, 3.05) is 11.9 Å². The van der Waals surface area contributed by atoms with Crippen molar-refractivity contribution in [1.29, 1.82) is 0 Å². The van der Waals surface area contributed by atoms with E-state index in [0.29, 0.717) is 16.5 Å². The summed E-state index contributed by atoms with van der Waals surface area (Å²) in [6, 6.07) is 0. The first-order chi connectivity index (χ1) is 9.13. The molecule has 0 spiro atoms. The summed E-state index contributed by atoms with van der Waals surface area (Å²) in [5, 5.41) is 4.14. The number of nitrogens with zero attached hydrogens (tertiary/aromatic N) is 2. The Labute approximate surface area is 120 Å². The zero-order valence-electron chi connectivity index (χ0n) is 11.8. The third-order valence-corrected chi connectivity index (χ3v) is 4.78. The minimum Gasteiger partial charge on any atom is -0.369 e. The van der Waals surface area contributed by atoms with E-state index in [-0.39, 0.29) is 0 Å². The van der Waals surface area contributed by atoms with Crippen LogP contribution in [0.25, 0.3) is 0 Å². The van der Waals surface area contributed by atoms with Gasteiger partial charge in [0.25, 0.3) is 0 Å². The first kappa shape index (κ1) is 13.2. The number of anilines is 1. The molecule has 104 valence electrons. The zero-order valence-corrected chi connectivity index (χ0v) is 12.6. The van der Waals surface area contributed by atoms with Crippen LogP contribution in [0.2, 0.25) is 5.15 Å². The second-order valence-corrected chi connectivity index (χ2v) is 6.58. The Kier molecular flexibility index (Phi) is 3.42. The molecule has 1 heterocycles. The van der Waals surface area contributed by atoms with Crippen LogP contribution in [0.3, 0.4) is 0 Å². The van der Waals surface area contributed by atoms with Gasteiger partial charge < -0.3 is 5.32 Å². The molecule has 2 aliphatic carbocycles. The molecule has 0 aromatic carbocycles.